The monoisotopic (exact) mass is 327 g/mol. The Morgan fingerprint density at radius 3 is 2.33 bits per heavy atom. The van der Waals surface area contributed by atoms with Gasteiger partial charge in [-0.3, -0.25) is 9.69 Å². The fourth-order valence-corrected chi connectivity index (χ4v) is 2.90. The van der Waals surface area contributed by atoms with Gasteiger partial charge in [-0.25, -0.2) is 0 Å². The van der Waals surface area contributed by atoms with Crippen molar-refractivity contribution in [2.24, 2.45) is 0 Å². The second kappa shape index (κ2) is 7.42. The average Bonchev–Trinajstić information content (AvgIpc) is 2.63. The Labute approximate surface area is 141 Å². The Kier molecular flexibility index (Phi) is 5.08. The Morgan fingerprint density at radius 1 is 1.08 bits per heavy atom. The van der Waals surface area contributed by atoms with Crippen LogP contribution < -0.4 is 4.73 Å². The van der Waals surface area contributed by atoms with Crippen LogP contribution in [0.1, 0.15) is 22.0 Å². The molecule has 24 heavy (non-hydrogen) atoms. The largest absolute Gasteiger partial charge is 0.619 e. The smallest absolute Gasteiger partial charge is 0.254 e. The zero-order valence-corrected chi connectivity index (χ0v) is 13.4. The number of aliphatic hydroxyl groups is 1. The van der Waals surface area contributed by atoms with E-state index in [0.717, 1.165) is 18.7 Å². The summed E-state index contributed by atoms with van der Waals surface area (Å²) in [4.78, 5) is 16.4. The van der Waals surface area contributed by atoms with Crippen LogP contribution in [0.5, 0.6) is 0 Å². The molecule has 126 valence electrons. The Balaban J connectivity index is 1.52. The molecule has 0 spiro atoms. The van der Waals surface area contributed by atoms with Gasteiger partial charge >= 0.3 is 0 Å². The number of pyridine rings is 1. The van der Waals surface area contributed by atoms with Gasteiger partial charge in [0.1, 0.15) is 0 Å². The fourth-order valence-electron chi connectivity index (χ4n) is 2.90. The minimum Gasteiger partial charge on any atom is -0.619 e. The van der Waals surface area contributed by atoms with Crippen molar-refractivity contribution in [3.8, 4) is 0 Å². The van der Waals surface area contributed by atoms with Crippen LogP contribution in [0.4, 0.5) is 0 Å². The normalized spacial score (nSPS) is 16.8. The average molecular weight is 327 g/mol. The molecule has 1 N–H and O–H groups in total. The van der Waals surface area contributed by atoms with Crippen molar-refractivity contribution in [3.05, 3.63) is 71.2 Å². The minimum absolute atomic E-state index is 0.0566. The van der Waals surface area contributed by atoms with Crippen LogP contribution in [0.3, 0.4) is 0 Å². The van der Waals surface area contributed by atoms with Crippen molar-refractivity contribution in [2.75, 3.05) is 32.7 Å². The highest BCUT2D eigenvalue weighted by molar-refractivity contribution is 5.94. The Morgan fingerprint density at radius 2 is 1.71 bits per heavy atom. The molecule has 1 aliphatic rings. The molecular formula is C18H21N3O3. The third-order valence-corrected chi connectivity index (χ3v) is 4.32. The van der Waals surface area contributed by atoms with E-state index < -0.39 is 6.10 Å². The number of amides is 1. The maximum atomic E-state index is 12.4. The summed E-state index contributed by atoms with van der Waals surface area (Å²) in [5.41, 5.74) is 1.44. The summed E-state index contributed by atoms with van der Waals surface area (Å²) in [5, 5.41) is 21.3. The summed E-state index contributed by atoms with van der Waals surface area (Å²) in [6.45, 7) is 3.25. The van der Waals surface area contributed by atoms with Gasteiger partial charge in [-0.05, 0) is 5.56 Å². The Hall–Kier alpha value is -2.44. The molecule has 1 aromatic carbocycles. The lowest BCUT2D eigenvalue weighted by molar-refractivity contribution is -0.605. The molecule has 6 heteroatoms. The SMILES string of the molecule is O=C(c1cc[n+]([O-])cc1)N1CCN(CC(O)c2ccccc2)CC1. The van der Waals surface area contributed by atoms with E-state index in [-0.39, 0.29) is 5.91 Å². The van der Waals surface area contributed by atoms with Crippen molar-refractivity contribution in [3.63, 3.8) is 0 Å². The van der Waals surface area contributed by atoms with E-state index in [9.17, 15) is 15.1 Å². The highest BCUT2D eigenvalue weighted by Crippen LogP contribution is 2.15. The van der Waals surface area contributed by atoms with Crippen LogP contribution in [-0.4, -0.2) is 53.5 Å². The Bertz CT molecular complexity index is 668. The summed E-state index contributed by atoms with van der Waals surface area (Å²) in [6.07, 6.45) is 2.15. The number of aliphatic hydroxyl groups excluding tert-OH is 1. The van der Waals surface area contributed by atoms with Crippen molar-refractivity contribution in [1.82, 2.24) is 9.80 Å². The summed E-state index contributed by atoms with van der Waals surface area (Å²) in [7, 11) is 0. The van der Waals surface area contributed by atoms with Gasteiger partial charge in [0.2, 0.25) is 0 Å². The molecule has 2 heterocycles. The third-order valence-electron chi connectivity index (χ3n) is 4.32. The summed E-state index contributed by atoms with van der Waals surface area (Å²) in [5.74, 6) is -0.0566. The van der Waals surface area contributed by atoms with Crippen LogP contribution in [0.2, 0.25) is 0 Å². The molecule has 0 radical (unpaired) electrons. The molecule has 0 bridgehead atoms. The van der Waals surface area contributed by atoms with Crippen molar-refractivity contribution < 1.29 is 14.6 Å². The molecule has 0 aliphatic carbocycles. The first-order valence-corrected chi connectivity index (χ1v) is 8.07. The fraction of sp³-hybridized carbons (Fsp3) is 0.333. The molecule has 1 saturated heterocycles. The lowest BCUT2D eigenvalue weighted by Crippen LogP contribution is -2.49. The van der Waals surface area contributed by atoms with E-state index in [4.69, 9.17) is 0 Å². The highest BCUT2D eigenvalue weighted by Gasteiger charge is 2.24. The van der Waals surface area contributed by atoms with Crippen LogP contribution in [0.15, 0.2) is 54.9 Å². The number of aromatic nitrogens is 1. The third kappa shape index (κ3) is 3.90. The minimum atomic E-state index is -0.518. The predicted molar refractivity (Wildman–Crippen MR) is 89.1 cm³/mol. The van der Waals surface area contributed by atoms with E-state index in [1.165, 1.54) is 12.4 Å². The van der Waals surface area contributed by atoms with Gasteiger partial charge in [-0.15, -0.1) is 0 Å². The lowest BCUT2D eigenvalue weighted by atomic mass is 10.1. The molecule has 1 aromatic heterocycles. The number of nitrogens with zero attached hydrogens (tertiary/aromatic N) is 3. The highest BCUT2D eigenvalue weighted by atomic mass is 16.5. The second-order valence-electron chi connectivity index (χ2n) is 5.97. The van der Waals surface area contributed by atoms with Crippen LogP contribution in [0, 0.1) is 5.21 Å². The van der Waals surface area contributed by atoms with Gasteiger partial charge in [0, 0.05) is 44.9 Å². The molecule has 1 atom stereocenters. The zero-order chi connectivity index (χ0) is 16.9. The number of hydrogen-bond acceptors (Lipinski definition) is 4. The first kappa shape index (κ1) is 16.4. The molecule has 1 fully saturated rings. The standard InChI is InChI=1S/C18H21N3O3/c22-17(15-4-2-1-3-5-15)14-19-10-12-20(13-11-19)18(23)16-6-8-21(24)9-7-16/h1-9,17,22H,10-14H2. The number of carbonyl (C=O) groups excluding carboxylic acids is 1. The van der Waals surface area contributed by atoms with Gasteiger partial charge in [-0.2, -0.15) is 4.73 Å². The number of carbonyl (C=O) groups is 1. The number of piperazine rings is 1. The molecular weight excluding hydrogens is 306 g/mol. The van der Waals surface area contributed by atoms with E-state index in [1.54, 1.807) is 17.0 Å². The maximum Gasteiger partial charge on any atom is 0.254 e. The molecule has 1 unspecified atom stereocenters. The van der Waals surface area contributed by atoms with E-state index in [2.05, 4.69) is 4.90 Å². The van der Waals surface area contributed by atoms with Gasteiger partial charge in [-0.1, -0.05) is 30.3 Å². The quantitative estimate of drug-likeness (QED) is 0.666. The van der Waals surface area contributed by atoms with E-state index >= 15 is 0 Å². The van der Waals surface area contributed by atoms with Crippen molar-refractivity contribution in [2.45, 2.75) is 6.10 Å². The molecule has 2 aromatic rings. The number of benzene rings is 1. The first-order chi connectivity index (χ1) is 11.6. The molecule has 3 rings (SSSR count). The van der Waals surface area contributed by atoms with Gasteiger partial charge in [0.25, 0.3) is 5.91 Å². The van der Waals surface area contributed by atoms with Crippen LogP contribution in [0.25, 0.3) is 0 Å². The summed E-state index contributed by atoms with van der Waals surface area (Å²) < 4.78 is 0.666. The first-order valence-electron chi connectivity index (χ1n) is 8.07. The van der Waals surface area contributed by atoms with Crippen molar-refractivity contribution in [1.29, 1.82) is 0 Å². The predicted octanol–water partition coefficient (Wildman–Crippen LogP) is 0.811. The summed E-state index contributed by atoms with van der Waals surface area (Å²) >= 11 is 0. The molecule has 6 nitrogen and oxygen atoms in total. The number of rotatable bonds is 4. The number of β-amino-alcohol motifs (C(OH)–C–C–N with tert-alkyl or cyclic N) is 1. The molecule has 1 amide bonds. The van der Waals surface area contributed by atoms with Gasteiger partial charge < -0.3 is 15.2 Å². The summed E-state index contributed by atoms with van der Waals surface area (Å²) in [6, 6.07) is 12.7. The topological polar surface area (TPSA) is 70.7 Å². The van der Waals surface area contributed by atoms with Crippen LogP contribution >= 0.6 is 0 Å². The zero-order valence-electron chi connectivity index (χ0n) is 13.4. The second-order valence-corrected chi connectivity index (χ2v) is 5.97. The van der Waals surface area contributed by atoms with E-state index in [1.807, 2.05) is 30.3 Å². The van der Waals surface area contributed by atoms with Crippen molar-refractivity contribution >= 4 is 5.91 Å². The molecule has 0 saturated carbocycles. The van der Waals surface area contributed by atoms with E-state index in [0.29, 0.717) is 29.9 Å². The van der Waals surface area contributed by atoms with Gasteiger partial charge in [0.05, 0.1) is 11.7 Å². The molecule has 1 aliphatic heterocycles. The van der Waals surface area contributed by atoms with Crippen LogP contribution in [-0.2, 0) is 0 Å². The maximum absolute atomic E-state index is 12.4. The lowest BCUT2D eigenvalue weighted by Gasteiger charge is -2.35. The van der Waals surface area contributed by atoms with Gasteiger partial charge in [0.15, 0.2) is 12.4 Å². The number of hydrogen-bond donors (Lipinski definition) is 1.